The number of thioether (sulfide) groups is 1. The molecule has 142 valence electrons. The number of ketones is 1. The van der Waals surface area contributed by atoms with Crippen LogP contribution in [0.5, 0.6) is 0 Å². The number of anilines is 1. The molecule has 2 aromatic carbocycles. The van der Waals surface area contributed by atoms with Crippen LogP contribution in [0, 0.1) is 0 Å². The van der Waals surface area contributed by atoms with Crippen molar-refractivity contribution in [1.82, 2.24) is 5.32 Å². The van der Waals surface area contributed by atoms with Crippen LogP contribution in [0.15, 0.2) is 53.4 Å². The average Bonchev–Trinajstić information content (AvgIpc) is 2.91. The molecule has 0 aliphatic carbocycles. The van der Waals surface area contributed by atoms with Crippen molar-refractivity contribution < 1.29 is 4.79 Å². The monoisotopic (exact) mass is 400 g/mol. The number of benzene rings is 2. The third-order valence-corrected chi connectivity index (χ3v) is 6.05. The zero-order chi connectivity index (χ0) is 19.2. The summed E-state index contributed by atoms with van der Waals surface area (Å²) in [5, 5.41) is 7.76. The number of hydrogen-bond donors (Lipinski definition) is 2. The number of Topliss-reactive ketones (excluding diaryl/α,β-unsaturated/α-hetero) is 1. The Hall–Kier alpha value is -1.75. The number of carbonyl (C=O) groups is 1. The smallest absolute Gasteiger partial charge is 0.168 e. The summed E-state index contributed by atoms with van der Waals surface area (Å²) in [6.45, 7) is 8.16. The second-order valence-electron chi connectivity index (χ2n) is 6.80. The van der Waals surface area contributed by atoms with E-state index in [1.807, 2.05) is 6.07 Å². The summed E-state index contributed by atoms with van der Waals surface area (Å²) in [6, 6.07) is 12.4. The minimum absolute atomic E-state index is 0.0969. The molecule has 0 saturated heterocycles. The summed E-state index contributed by atoms with van der Waals surface area (Å²) in [4.78, 5) is 12.8. The normalized spacial score (nSPS) is 13.6. The summed E-state index contributed by atoms with van der Waals surface area (Å²) >= 11 is 8.02. The Morgan fingerprint density at radius 2 is 1.93 bits per heavy atom. The predicted octanol–water partition coefficient (Wildman–Crippen LogP) is 4.88. The highest BCUT2D eigenvalue weighted by Crippen LogP contribution is 2.31. The van der Waals surface area contributed by atoms with Crippen LogP contribution in [0.25, 0.3) is 0 Å². The van der Waals surface area contributed by atoms with Gasteiger partial charge in [0.15, 0.2) is 5.78 Å². The first-order valence-corrected chi connectivity index (χ1v) is 10.6. The Morgan fingerprint density at radius 1 is 1.19 bits per heavy atom. The van der Waals surface area contributed by atoms with Gasteiger partial charge in [-0.2, -0.15) is 0 Å². The van der Waals surface area contributed by atoms with E-state index in [1.165, 1.54) is 16.7 Å². The maximum atomic E-state index is 11.7. The molecule has 0 bridgehead atoms. The van der Waals surface area contributed by atoms with Crippen LogP contribution in [0.4, 0.5) is 5.69 Å². The molecule has 0 aromatic heterocycles. The lowest BCUT2D eigenvalue weighted by molar-refractivity contribution is -0.113. The fourth-order valence-corrected chi connectivity index (χ4v) is 4.22. The highest BCUT2D eigenvalue weighted by Gasteiger charge is 2.14. The van der Waals surface area contributed by atoms with Gasteiger partial charge >= 0.3 is 0 Å². The number of fused-ring (bicyclic) bond motifs is 1. The summed E-state index contributed by atoms with van der Waals surface area (Å²) in [6.07, 6.45) is 2.03. The van der Waals surface area contributed by atoms with Gasteiger partial charge in [0.25, 0.3) is 0 Å². The van der Waals surface area contributed by atoms with Gasteiger partial charge in [-0.1, -0.05) is 36.4 Å². The fourth-order valence-electron chi connectivity index (χ4n) is 3.10. The van der Waals surface area contributed by atoms with E-state index >= 15 is 0 Å². The molecular formula is C22H25ClN2OS. The first-order chi connectivity index (χ1) is 13.0. The molecule has 0 fully saturated rings. The van der Waals surface area contributed by atoms with Gasteiger partial charge in [-0.25, -0.2) is 0 Å². The zero-order valence-electron chi connectivity index (χ0n) is 15.6. The van der Waals surface area contributed by atoms with Crippen molar-refractivity contribution in [3.8, 4) is 0 Å². The molecule has 2 aromatic rings. The quantitative estimate of drug-likeness (QED) is 0.513. The largest absolute Gasteiger partial charge is 0.380 e. The van der Waals surface area contributed by atoms with Crippen LogP contribution in [0.2, 0.25) is 5.02 Å². The zero-order valence-corrected chi connectivity index (χ0v) is 17.2. The van der Waals surface area contributed by atoms with Crippen molar-refractivity contribution in [2.75, 3.05) is 24.2 Å². The number of nitrogens with one attached hydrogen (secondary N) is 2. The average molecular weight is 401 g/mol. The van der Waals surface area contributed by atoms with Crippen LogP contribution in [0.3, 0.4) is 0 Å². The number of allylic oxidation sites excluding steroid dienone is 1. The molecule has 1 aliphatic rings. The summed E-state index contributed by atoms with van der Waals surface area (Å²) in [5.74, 6) is 0.534. The molecule has 0 unspecified atom stereocenters. The van der Waals surface area contributed by atoms with E-state index in [0.717, 1.165) is 48.1 Å². The Kier molecular flexibility index (Phi) is 7.00. The molecule has 0 saturated carbocycles. The first-order valence-electron chi connectivity index (χ1n) is 9.20. The molecule has 5 heteroatoms. The van der Waals surface area contributed by atoms with E-state index in [2.05, 4.69) is 47.5 Å². The van der Waals surface area contributed by atoms with Gasteiger partial charge in [0, 0.05) is 11.4 Å². The van der Waals surface area contributed by atoms with Crippen molar-refractivity contribution in [3.05, 3.63) is 70.3 Å². The van der Waals surface area contributed by atoms with Gasteiger partial charge in [-0.05, 0) is 73.3 Å². The molecule has 2 N–H and O–H groups in total. The third-order valence-electron chi connectivity index (χ3n) is 4.72. The van der Waals surface area contributed by atoms with Crippen LogP contribution in [0.1, 0.15) is 23.6 Å². The number of carbonyl (C=O) groups excluding carboxylic acids is 1. The van der Waals surface area contributed by atoms with Crippen molar-refractivity contribution in [2.24, 2.45) is 0 Å². The number of rotatable bonds is 7. The fraction of sp³-hybridized carbons (Fsp3) is 0.318. The van der Waals surface area contributed by atoms with E-state index in [9.17, 15) is 4.79 Å². The van der Waals surface area contributed by atoms with Gasteiger partial charge in [0.2, 0.25) is 0 Å². The lowest BCUT2D eigenvalue weighted by Crippen LogP contribution is -2.16. The Balaban J connectivity index is 1.64. The standard InChI is InChI=1S/C22H25ClN2OS/c1-15(2)21(26)14-27-18-6-3-16(4-7-18)13-25-22-19-10-12-24-11-9-17(19)5-8-20(22)23/h3-8,24-25H,1,9-14H2,2H3. The maximum absolute atomic E-state index is 11.7. The SMILES string of the molecule is C=C(C)C(=O)CSc1ccc(CNc2c(Cl)ccc3c2CCNCC3)cc1. The van der Waals surface area contributed by atoms with Gasteiger partial charge in [-0.3, -0.25) is 4.79 Å². The summed E-state index contributed by atoms with van der Waals surface area (Å²) in [5.41, 5.74) is 5.56. The topological polar surface area (TPSA) is 41.1 Å². The lowest BCUT2D eigenvalue weighted by Gasteiger charge is -2.16. The van der Waals surface area contributed by atoms with Gasteiger partial charge in [-0.15, -0.1) is 11.8 Å². The molecule has 3 rings (SSSR count). The molecule has 27 heavy (non-hydrogen) atoms. The van der Waals surface area contributed by atoms with Crippen molar-refractivity contribution in [1.29, 1.82) is 0 Å². The minimum Gasteiger partial charge on any atom is -0.380 e. The van der Waals surface area contributed by atoms with Crippen molar-refractivity contribution >= 4 is 34.8 Å². The Morgan fingerprint density at radius 3 is 2.67 bits per heavy atom. The number of halogens is 1. The van der Waals surface area contributed by atoms with Crippen molar-refractivity contribution in [3.63, 3.8) is 0 Å². The first kappa shape index (κ1) is 20.0. The van der Waals surface area contributed by atoms with E-state index in [0.29, 0.717) is 11.3 Å². The molecule has 0 radical (unpaired) electrons. The van der Waals surface area contributed by atoms with Gasteiger partial charge in [0.05, 0.1) is 16.5 Å². The lowest BCUT2D eigenvalue weighted by atomic mass is 10.0. The molecule has 0 spiro atoms. The Bertz CT molecular complexity index is 833. The van der Waals surface area contributed by atoms with Crippen molar-refractivity contribution in [2.45, 2.75) is 31.2 Å². The number of hydrogen-bond acceptors (Lipinski definition) is 4. The predicted molar refractivity (Wildman–Crippen MR) is 116 cm³/mol. The highest BCUT2D eigenvalue weighted by atomic mass is 35.5. The second-order valence-corrected chi connectivity index (χ2v) is 8.26. The van der Waals surface area contributed by atoms with E-state index in [1.54, 1.807) is 18.7 Å². The van der Waals surface area contributed by atoms with E-state index in [-0.39, 0.29) is 5.78 Å². The summed E-state index contributed by atoms with van der Waals surface area (Å²) in [7, 11) is 0. The highest BCUT2D eigenvalue weighted by molar-refractivity contribution is 8.00. The van der Waals surface area contributed by atoms with Crippen LogP contribution < -0.4 is 10.6 Å². The molecule has 1 heterocycles. The second kappa shape index (κ2) is 9.45. The van der Waals surface area contributed by atoms with Crippen LogP contribution >= 0.6 is 23.4 Å². The third kappa shape index (κ3) is 5.38. The molecule has 0 atom stereocenters. The van der Waals surface area contributed by atoms with Crippen LogP contribution in [-0.2, 0) is 24.2 Å². The van der Waals surface area contributed by atoms with Gasteiger partial charge < -0.3 is 10.6 Å². The molecule has 3 nitrogen and oxygen atoms in total. The minimum atomic E-state index is 0.0969. The van der Waals surface area contributed by atoms with Gasteiger partial charge in [0.1, 0.15) is 0 Å². The molecule has 1 aliphatic heterocycles. The molecular weight excluding hydrogens is 376 g/mol. The Labute approximate surface area is 170 Å². The van der Waals surface area contributed by atoms with E-state index < -0.39 is 0 Å². The van der Waals surface area contributed by atoms with Crippen LogP contribution in [-0.4, -0.2) is 24.6 Å². The molecule has 0 amide bonds. The van der Waals surface area contributed by atoms with E-state index in [4.69, 9.17) is 11.6 Å². The summed E-state index contributed by atoms with van der Waals surface area (Å²) < 4.78 is 0. The maximum Gasteiger partial charge on any atom is 0.168 e.